The van der Waals surface area contributed by atoms with Gasteiger partial charge in [-0.15, -0.1) is 0 Å². The average Bonchev–Trinajstić information content (AvgIpc) is 2.06. The minimum atomic E-state index is 0.691. The van der Waals surface area contributed by atoms with E-state index >= 15 is 0 Å². The molecule has 0 spiro atoms. The van der Waals surface area contributed by atoms with Crippen molar-refractivity contribution in [2.75, 3.05) is 0 Å². The van der Waals surface area contributed by atoms with E-state index in [0.717, 1.165) is 0 Å². The Morgan fingerprint density at radius 1 is 1.27 bits per heavy atom. The molecular weight excluding hydrogens is 199 g/mol. The summed E-state index contributed by atoms with van der Waals surface area (Å²) in [5, 5.41) is 1.27. The van der Waals surface area contributed by atoms with E-state index in [4.69, 9.17) is 0 Å². The van der Waals surface area contributed by atoms with E-state index < -0.39 is 0 Å². The van der Waals surface area contributed by atoms with Crippen molar-refractivity contribution in [3.8, 4) is 0 Å². The summed E-state index contributed by atoms with van der Waals surface area (Å²) in [6.45, 7) is 2.20. The van der Waals surface area contributed by atoms with Crippen molar-refractivity contribution in [1.82, 2.24) is 0 Å². The van der Waals surface area contributed by atoms with Gasteiger partial charge in [0.1, 0.15) is 0 Å². The van der Waals surface area contributed by atoms with Gasteiger partial charge in [-0.25, -0.2) is 0 Å². The maximum absolute atomic E-state index is 2.35. The van der Waals surface area contributed by atoms with Crippen LogP contribution in [0.1, 0.15) is 12.5 Å². The molecule has 56 valence electrons. The SMILES string of the molecule is CC1=CC[Se]c2ccccc21. The first-order valence-electron chi connectivity index (χ1n) is 3.77. The summed E-state index contributed by atoms with van der Waals surface area (Å²) in [5.41, 5.74) is 2.92. The number of benzene rings is 1. The monoisotopic (exact) mass is 210 g/mol. The molecule has 2 rings (SSSR count). The molecule has 0 saturated heterocycles. The first-order valence-corrected chi connectivity index (χ1v) is 5.83. The zero-order valence-corrected chi connectivity index (χ0v) is 8.22. The molecule has 0 N–H and O–H groups in total. The summed E-state index contributed by atoms with van der Waals surface area (Å²) >= 11 is 0.691. The molecule has 0 aliphatic carbocycles. The number of hydrogen-bond donors (Lipinski definition) is 0. The molecule has 11 heavy (non-hydrogen) atoms. The van der Waals surface area contributed by atoms with Gasteiger partial charge in [0.25, 0.3) is 0 Å². The van der Waals surface area contributed by atoms with Crippen LogP contribution in [0.5, 0.6) is 0 Å². The van der Waals surface area contributed by atoms with Crippen molar-refractivity contribution in [2.45, 2.75) is 12.2 Å². The zero-order chi connectivity index (χ0) is 7.68. The third-order valence-electron chi connectivity index (χ3n) is 1.94. The van der Waals surface area contributed by atoms with Crippen LogP contribution in [-0.4, -0.2) is 15.0 Å². The summed E-state index contributed by atoms with van der Waals surface area (Å²) in [7, 11) is 0. The van der Waals surface area contributed by atoms with E-state index in [1.54, 1.807) is 4.46 Å². The molecule has 1 heteroatoms. The van der Waals surface area contributed by atoms with Gasteiger partial charge < -0.3 is 0 Å². The molecule has 1 aliphatic heterocycles. The minimum absolute atomic E-state index is 0.691. The predicted octanol–water partition coefficient (Wildman–Crippen LogP) is 1.85. The van der Waals surface area contributed by atoms with Crippen molar-refractivity contribution < 1.29 is 0 Å². The van der Waals surface area contributed by atoms with Crippen molar-refractivity contribution in [3.63, 3.8) is 0 Å². The molecule has 0 unspecified atom stereocenters. The maximum atomic E-state index is 2.35. The molecule has 1 aliphatic rings. The fourth-order valence-corrected chi connectivity index (χ4v) is 3.53. The van der Waals surface area contributed by atoms with Gasteiger partial charge in [-0.1, -0.05) is 0 Å². The van der Waals surface area contributed by atoms with E-state index in [0.29, 0.717) is 15.0 Å². The van der Waals surface area contributed by atoms with Gasteiger partial charge in [0, 0.05) is 0 Å². The van der Waals surface area contributed by atoms with Crippen molar-refractivity contribution in [1.29, 1.82) is 0 Å². The van der Waals surface area contributed by atoms with Crippen LogP contribution >= 0.6 is 0 Å². The van der Waals surface area contributed by atoms with Crippen LogP contribution in [0.3, 0.4) is 0 Å². The third kappa shape index (κ3) is 1.26. The van der Waals surface area contributed by atoms with Gasteiger partial charge in [-0.2, -0.15) is 0 Å². The first-order chi connectivity index (χ1) is 5.38. The normalized spacial score (nSPS) is 15.5. The van der Waals surface area contributed by atoms with Gasteiger partial charge in [-0.3, -0.25) is 0 Å². The molecule has 1 aromatic carbocycles. The molecule has 0 radical (unpaired) electrons. The zero-order valence-electron chi connectivity index (χ0n) is 6.50. The number of rotatable bonds is 0. The Kier molecular flexibility index (Phi) is 1.85. The van der Waals surface area contributed by atoms with Crippen LogP contribution < -0.4 is 4.46 Å². The first kappa shape index (κ1) is 7.15. The predicted molar refractivity (Wildman–Crippen MR) is 50.3 cm³/mol. The summed E-state index contributed by atoms with van der Waals surface area (Å²) in [5.74, 6) is 0. The van der Waals surface area contributed by atoms with Gasteiger partial charge in [0.05, 0.1) is 0 Å². The Bertz CT molecular complexity index is 299. The van der Waals surface area contributed by atoms with Crippen molar-refractivity contribution in [3.05, 3.63) is 35.9 Å². The molecule has 0 saturated carbocycles. The molecule has 1 aromatic rings. The molecule has 1 heterocycles. The van der Waals surface area contributed by atoms with Crippen LogP contribution in [0, 0.1) is 0 Å². The van der Waals surface area contributed by atoms with E-state index in [1.807, 2.05) is 0 Å². The Labute approximate surface area is 73.5 Å². The summed E-state index contributed by atoms with van der Waals surface area (Å²) in [4.78, 5) is 0. The van der Waals surface area contributed by atoms with E-state index in [9.17, 15) is 0 Å². The molecular formula is C10H10Se. The van der Waals surface area contributed by atoms with Crippen molar-refractivity contribution in [2.24, 2.45) is 0 Å². The topological polar surface area (TPSA) is 0 Å². The molecule has 0 fully saturated rings. The van der Waals surface area contributed by atoms with Crippen molar-refractivity contribution >= 4 is 25.0 Å². The number of allylic oxidation sites excluding steroid dienone is 2. The molecule has 0 atom stereocenters. The van der Waals surface area contributed by atoms with E-state index in [2.05, 4.69) is 37.3 Å². The molecule has 0 bridgehead atoms. The van der Waals surface area contributed by atoms with Crippen LogP contribution in [0.4, 0.5) is 0 Å². The summed E-state index contributed by atoms with van der Waals surface area (Å²) < 4.78 is 1.57. The fourth-order valence-electron chi connectivity index (χ4n) is 1.28. The average molecular weight is 209 g/mol. The Morgan fingerprint density at radius 3 is 2.91 bits per heavy atom. The summed E-state index contributed by atoms with van der Waals surface area (Å²) in [6.07, 6.45) is 2.35. The van der Waals surface area contributed by atoms with Crippen LogP contribution in [0.2, 0.25) is 5.32 Å². The van der Waals surface area contributed by atoms with Crippen LogP contribution in [0.15, 0.2) is 30.3 Å². The van der Waals surface area contributed by atoms with Crippen LogP contribution in [-0.2, 0) is 0 Å². The summed E-state index contributed by atoms with van der Waals surface area (Å²) in [6, 6.07) is 8.74. The molecule has 0 amide bonds. The second-order valence-corrected chi connectivity index (χ2v) is 4.92. The van der Waals surface area contributed by atoms with Gasteiger partial charge in [0.15, 0.2) is 0 Å². The second-order valence-electron chi connectivity index (χ2n) is 2.69. The molecule has 0 nitrogen and oxygen atoms in total. The Morgan fingerprint density at radius 2 is 2.09 bits per heavy atom. The second kappa shape index (κ2) is 2.84. The van der Waals surface area contributed by atoms with Crippen LogP contribution in [0.25, 0.3) is 5.57 Å². The third-order valence-corrected chi connectivity index (χ3v) is 4.04. The fraction of sp³-hybridized carbons (Fsp3) is 0.200. The standard InChI is InChI=1S/C10H10Se/c1-8-6-7-11-10-5-3-2-4-9(8)10/h2-6H,7H2,1H3. The van der Waals surface area contributed by atoms with E-state index in [1.165, 1.54) is 16.5 Å². The van der Waals surface area contributed by atoms with Gasteiger partial charge in [-0.05, 0) is 0 Å². The molecule has 0 aromatic heterocycles. The van der Waals surface area contributed by atoms with Gasteiger partial charge in [0.2, 0.25) is 0 Å². The Hall–Kier alpha value is -0.521. The Balaban J connectivity index is 2.56. The van der Waals surface area contributed by atoms with E-state index in [-0.39, 0.29) is 0 Å². The quantitative estimate of drug-likeness (QED) is 0.572. The van der Waals surface area contributed by atoms with Gasteiger partial charge >= 0.3 is 73.1 Å². The number of hydrogen-bond acceptors (Lipinski definition) is 0. The number of fused-ring (bicyclic) bond motifs is 1.